The van der Waals surface area contributed by atoms with Gasteiger partial charge in [-0.2, -0.15) is 0 Å². The third-order valence-corrected chi connectivity index (χ3v) is 4.85. The van der Waals surface area contributed by atoms with Gasteiger partial charge in [-0.1, -0.05) is 60.7 Å². The van der Waals surface area contributed by atoms with Crippen LogP contribution in [-0.2, 0) is 13.2 Å². The molecule has 1 aliphatic heterocycles. The van der Waals surface area contributed by atoms with Gasteiger partial charge in [0.15, 0.2) is 11.6 Å². The number of hydrogen-bond acceptors (Lipinski definition) is 5. The second-order valence-electron chi connectivity index (χ2n) is 6.97. The molecule has 1 saturated heterocycles. The largest absolute Gasteiger partial charge is 0.483 e. The van der Waals surface area contributed by atoms with Gasteiger partial charge in [0.25, 0.3) is 5.88 Å². The second kappa shape index (κ2) is 9.22. The van der Waals surface area contributed by atoms with E-state index in [-0.39, 0.29) is 0 Å². The van der Waals surface area contributed by atoms with Crippen LogP contribution in [0.3, 0.4) is 0 Å². The zero-order valence-electron chi connectivity index (χ0n) is 16.0. The molecule has 0 aliphatic carbocycles. The van der Waals surface area contributed by atoms with E-state index in [4.69, 9.17) is 9.47 Å². The van der Waals surface area contributed by atoms with Crippen molar-refractivity contribution in [1.29, 1.82) is 0 Å². The van der Waals surface area contributed by atoms with Gasteiger partial charge in [-0.15, -0.1) is 10.2 Å². The van der Waals surface area contributed by atoms with Crippen molar-refractivity contribution in [3.8, 4) is 11.6 Å². The highest BCUT2D eigenvalue weighted by Crippen LogP contribution is 2.30. The lowest BCUT2D eigenvalue weighted by molar-refractivity contribution is 0.244. The molecule has 0 unspecified atom stereocenters. The van der Waals surface area contributed by atoms with Crippen LogP contribution in [0.4, 0.5) is 5.82 Å². The van der Waals surface area contributed by atoms with E-state index >= 15 is 0 Å². The maximum Gasteiger partial charge on any atom is 0.276 e. The SMILES string of the molecule is c1ccc(COc2cc(N3CCCCC3)nnc2OCc2ccccc2)cc1. The minimum atomic E-state index is 0.431. The Bertz CT molecular complexity index is 866. The predicted octanol–water partition coefficient (Wildman–Crippen LogP) is 4.62. The summed E-state index contributed by atoms with van der Waals surface area (Å²) in [4.78, 5) is 2.27. The first-order valence-electron chi connectivity index (χ1n) is 9.84. The summed E-state index contributed by atoms with van der Waals surface area (Å²) in [6, 6.07) is 22.1. The minimum Gasteiger partial charge on any atom is -0.483 e. The molecule has 1 aromatic heterocycles. The van der Waals surface area contributed by atoms with Crippen molar-refractivity contribution in [3.05, 3.63) is 77.9 Å². The molecule has 5 heteroatoms. The van der Waals surface area contributed by atoms with Gasteiger partial charge < -0.3 is 14.4 Å². The third kappa shape index (κ3) is 4.80. The first-order chi connectivity index (χ1) is 13.9. The Morgan fingerprint density at radius 2 is 1.32 bits per heavy atom. The van der Waals surface area contributed by atoms with Crippen LogP contribution in [0.2, 0.25) is 0 Å². The average Bonchev–Trinajstić information content (AvgIpc) is 2.78. The zero-order valence-corrected chi connectivity index (χ0v) is 16.0. The molecule has 0 saturated carbocycles. The molecular weight excluding hydrogens is 350 g/mol. The van der Waals surface area contributed by atoms with Crippen LogP contribution < -0.4 is 14.4 Å². The Balaban J connectivity index is 1.52. The van der Waals surface area contributed by atoms with Gasteiger partial charge in [0.2, 0.25) is 0 Å². The van der Waals surface area contributed by atoms with Gasteiger partial charge in [-0.25, -0.2) is 0 Å². The molecule has 0 bridgehead atoms. The van der Waals surface area contributed by atoms with E-state index in [1.165, 1.54) is 19.3 Å². The molecule has 144 valence electrons. The predicted molar refractivity (Wildman–Crippen MR) is 110 cm³/mol. The molecular formula is C23H25N3O2. The fraction of sp³-hybridized carbons (Fsp3) is 0.304. The standard InChI is InChI=1S/C23H25N3O2/c1-4-10-19(11-5-1)17-27-21-16-22(26-14-8-3-9-15-26)24-25-23(21)28-18-20-12-6-2-7-13-20/h1-2,4-7,10-13,16H,3,8-9,14-15,17-18H2. The minimum absolute atomic E-state index is 0.431. The summed E-state index contributed by atoms with van der Waals surface area (Å²) < 4.78 is 12.0. The summed E-state index contributed by atoms with van der Waals surface area (Å²) in [6.45, 7) is 2.92. The molecule has 0 amide bonds. The highest BCUT2D eigenvalue weighted by atomic mass is 16.5. The second-order valence-corrected chi connectivity index (χ2v) is 6.97. The third-order valence-electron chi connectivity index (χ3n) is 4.85. The molecule has 0 radical (unpaired) electrons. The van der Waals surface area contributed by atoms with Crippen LogP contribution in [0.15, 0.2) is 66.7 Å². The maximum atomic E-state index is 6.09. The Morgan fingerprint density at radius 3 is 1.96 bits per heavy atom. The average molecular weight is 375 g/mol. The quantitative estimate of drug-likeness (QED) is 0.603. The normalized spacial score (nSPS) is 13.9. The van der Waals surface area contributed by atoms with Gasteiger partial charge in [0.05, 0.1) is 0 Å². The number of aromatic nitrogens is 2. The monoisotopic (exact) mass is 375 g/mol. The van der Waals surface area contributed by atoms with Crippen molar-refractivity contribution < 1.29 is 9.47 Å². The van der Waals surface area contributed by atoms with Crippen molar-refractivity contribution >= 4 is 5.82 Å². The van der Waals surface area contributed by atoms with Crippen LogP contribution in [0.5, 0.6) is 11.6 Å². The molecule has 3 aromatic rings. The lowest BCUT2D eigenvalue weighted by Gasteiger charge is -2.27. The number of rotatable bonds is 7. The van der Waals surface area contributed by atoms with Crippen LogP contribution in [-0.4, -0.2) is 23.3 Å². The van der Waals surface area contributed by atoms with E-state index in [0.717, 1.165) is 30.0 Å². The number of hydrogen-bond donors (Lipinski definition) is 0. The van der Waals surface area contributed by atoms with E-state index in [1.807, 2.05) is 66.7 Å². The Kier molecular flexibility index (Phi) is 6.02. The Labute approximate surface area is 165 Å². The van der Waals surface area contributed by atoms with Crippen molar-refractivity contribution in [3.63, 3.8) is 0 Å². The van der Waals surface area contributed by atoms with Crippen LogP contribution in [0.25, 0.3) is 0 Å². The number of nitrogens with zero attached hydrogens (tertiary/aromatic N) is 3. The van der Waals surface area contributed by atoms with Crippen molar-refractivity contribution in [2.45, 2.75) is 32.5 Å². The molecule has 2 heterocycles. The number of benzene rings is 2. The van der Waals surface area contributed by atoms with Crippen LogP contribution in [0, 0.1) is 0 Å². The van der Waals surface area contributed by atoms with Gasteiger partial charge >= 0.3 is 0 Å². The van der Waals surface area contributed by atoms with Crippen molar-refractivity contribution in [2.75, 3.05) is 18.0 Å². The molecule has 28 heavy (non-hydrogen) atoms. The Hall–Kier alpha value is -3.08. The smallest absolute Gasteiger partial charge is 0.276 e. The molecule has 5 nitrogen and oxygen atoms in total. The van der Waals surface area contributed by atoms with Crippen molar-refractivity contribution in [1.82, 2.24) is 10.2 Å². The zero-order chi connectivity index (χ0) is 19.0. The summed E-state index contributed by atoms with van der Waals surface area (Å²) in [6.07, 6.45) is 3.65. The highest BCUT2D eigenvalue weighted by Gasteiger charge is 2.17. The highest BCUT2D eigenvalue weighted by molar-refractivity contribution is 5.47. The summed E-state index contributed by atoms with van der Waals surface area (Å²) in [5.41, 5.74) is 2.19. The van der Waals surface area contributed by atoms with Gasteiger partial charge in [-0.3, -0.25) is 0 Å². The van der Waals surface area contributed by atoms with Gasteiger partial charge in [-0.05, 0) is 30.4 Å². The summed E-state index contributed by atoms with van der Waals surface area (Å²) in [5.74, 6) is 1.92. The number of ether oxygens (including phenoxy) is 2. The molecule has 0 N–H and O–H groups in total. The molecule has 0 atom stereocenters. The first-order valence-corrected chi connectivity index (χ1v) is 9.84. The van der Waals surface area contributed by atoms with Gasteiger partial charge in [0.1, 0.15) is 13.2 Å². The van der Waals surface area contributed by atoms with E-state index in [2.05, 4.69) is 15.1 Å². The Morgan fingerprint density at radius 1 is 0.714 bits per heavy atom. The fourth-order valence-electron chi connectivity index (χ4n) is 3.30. The van der Waals surface area contributed by atoms with E-state index in [9.17, 15) is 0 Å². The lowest BCUT2D eigenvalue weighted by atomic mass is 10.1. The molecule has 0 spiro atoms. The maximum absolute atomic E-state index is 6.09. The summed E-state index contributed by atoms with van der Waals surface area (Å²) >= 11 is 0. The van der Waals surface area contributed by atoms with E-state index < -0.39 is 0 Å². The van der Waals surface area contributed by atoms with Crippen LogP contribution >= 0.6 is 0 Å². The summed E-state index contributed by atoms with van der Waals surface area (Å²) in [7, 11) is 0. The van der Waals surface area contributed by atoms with Crippen molar-refractivity contribution in [2.24, 2.45) is 0 Å². The van der Waals surface area contributed by atoms with Crippen LogP contribution in [0.1, 0.15) is 30.4 Å². The van der Waals surface area contributed by atoms with E-state index in [0.29, 0.717) is 24.8 Å². The molecule has 2 aromatic carbocycles. The topological polar surface area (TPSA) is 47.5 Å². The summed E-state index contributed by atoms with van der Waals surface area (Å²) in [5, 5.41) is 8.74. The number of anilines is 1. The van der Waals surface area contributed by atoms with E-state index in [1.54, 1.807) is 0 Å². The molecule has 4 rings (SSSR count). The molecule has 1 aliphatic rings. The molecule has 1 fully saturated rings. The lowest BCUT2D eigenvalue weighted by Crippen LogP contribution is -2.30. The number of piperidine rings is 1. The fourth-order valence-corrected chi connectivity index (χ4v) is 3.30. The van der Waals surface area contributed by atoms with Gasteiger partial charge in [0, 0.05) is 19.2 Å². The first kappa shape index (κ1) is 18.3.